The van der Waals surface area contributed by atoms with Crippen LogP contribution in [0.1, 0.15) is 25.3 Å². The topological polar surface area (TPSA) is 53.4 Å². The van der Waals surface area contributed by atoms with E-state index in [0.717, 1.165) is 12.0 Å². The van der Waals surface area contributed by atoms with Gasteiger partial charge in [0.15, 0.2) is 0 Å². The van der Waals surface area contributed by atoms with Gasteiger partial charge in [0, 0.05) is 18.8 Å². The van der Waals surface area contributed by atoms with Crippen molar-refractivity contribution in [3.05, 3.63) is 30.1 Å². The van der Waals surface area contributed by atoms with Crippen LogP contribution in [0.25, 0.3) is 0 Å². The Morgan fingerprint density at radius 2 is 2.14 bits per heavy atom. The van der Waals surface area contributed by atoms with Crippen LogP contribution in [0.3, 0.4) is 0 Å². The van der Waals surface area contributed by atoms with Crippen LogP contribution in [0, 0.1) is 0 Å². The Kier molecular flexibility index (Phi) is 4.56. The first-order valence-corrected chi connectivity index (χ1v) is 4.99. The van der Waals surface area contributed by atoms with Gasteiger partial charge in [0.1, 0.15) is 0 Å². The fourth-order valence-electron chi connectivity index (χ4n) is 1.38. The Hall–Kier alpha value is -0.930. The molecule has 0 radical (unpaired) electrons. The Bertz CT molecular complexity index is 251. The van der Waals surface area contributed by atoms with Gasteiger partial charge in [-0.25, -0.2) is 0 Å². The van der Waals surface area contributed by atoms with Crippen molar-refractivity contribution in [2.75, 3.05) is 0 Å². The molecule has 3 heteroatoms. The van der Waals surface area contributed by atoms with Gasteiger partial charge >= 0.3 is 0 Å². The Labute approximate surface area is 84.4 Å². The number of pyridine rings is 1. The lowest BCUT2D eigenvalue weighted by Crippen LogP contribution is -2.27. The lowest BCUT2D eigenvalue weighted by atomic mass is 10.0. The molecule has 1 rings (SSSR count). The molecule has 0 fully saturated rings. The van der Waals surface area contributed by atoms with E-state index in [1.807, 2.05) is 19.1 Å². The SMILES string of the molecule is CCCC(O)C(O)Cc1cccnc1. The summed E-state index contributed by atoms with van der Waals surface area (Å²) in [4.78, 5) is 3.95. The molecule has 0 saturated carbocycles. The third kappa shape index (κ3) is 3.44. The number of aromatic nitrogens is 1. The highest BCUT2D eigenvalue weighted by atomic mass is 16.3. The van der Waals surface area contributed by atoms with Crippen LogP contribution in [0.2, 0.25) is 0 Å². The molecule has 0 bridgehead atoms. The predicted molar refractivity (Wildman–Crippen MR) is 54.9 cm³/mol. The van der Waals surface area contributed by atoms with Crippen LogP contribution in [-0.4, -0.2) is 27.4 Å². The van der Waals surface area contributed by atoms with Gasteiger partial charge in [0.2, 0.25) is 0 Å². The summed E-state index contributed by atoms with van der Waals surface area (Å²) in [6, 6.07) is 3.73. The molecule has 0 aromatic carbocycles. The fourth-order valence-corrected chi connectivity index (χ4v) is 1.38. The third-order valence-corrected chi connectivity index (χ3v) is 2.20. The minimum Gasteiger partial charge on any atom is -0.390 e. The van der Waals surface area contributed by atoms with E-state index in [-0.39, 0.29) is 0 Å². The molecule has 2 N–H and O–H groups in total. The number of nitrogens with zero attached hydrogens (tertiary/aromatic N) is 1. The zero-order valence-electron chi connectivity index (χ0n) is 8.43. The Balaban J connectivity index is 2.44. The molecule has 0 aliphatic heterocycles. The maximum atomic E-state index is 9.62. The van der Waals surface area contributed by atoms with Crippen molar-refractivity contribution in [1.82, 2.24) is 4.98 Å². The number of hydrogen-bond donors (Lipinski definition) is 2. The third-order valence-electron chi connectivity index (χ3n) is 2.20. The molecule has 2 atom stereocenters. The maximum Gasteiger partial charge on any atom is 0.0839 e. The molecule has 0 amide bonds. The van der Waals surface area contributed by atoms with Crippen molar-refractivity contribution in [2.24, 2.45) is 0 Å². The molecule has 0 aliphatic carbocycles. The van der Waals surface area contributed by atoms with E-state index in [2.05, 4.69) is 4.98 Å². The molecule has 0 aliphatic rings. The Morgan fingerprint density at radius 3 is 2.71 bits per heavy atom. The second-order valence-electron chi connectivity index (χ2n) is 3.49. The summed E-state index contributed by atoms with van der Waals surface area (Å²) in [6.45, 7) is 1.99. The van der Waals surface area contributed by atoms with Gasteiger partial charge < -0.3 is 10.2 Å². The minimum absolute atomic E-state index is 0.467. The summed E-state index contributed by atoms with van der Waals surface area (Å²) in [7, 11) is 0. The van der Waals surface area contributed by atoms with Gasteiger partial charge in [-0.2, -0.15) is 0 Å². The van der Waals surface area contributed by atoms with Crippen molar-refractivity contribution >= 4 is 0 Å². The lowest BCUT2D eigenvalue weighted by Gasteiger charge is -2.16. The first kappa shape index (κ1) is 11.1. The second kappa shape index (κ2) is 5.73. The molecule has 1 aromatic heterocycles. The van der Waals surface area contributed by atoms with Crippen molar-refractivity contribution in [3.63, 3.8) is 0 Å². The second-order valence-corrected chi connectivity index (χ2v) is 3.49. The van der Waals surface area contributed by atoms with Crippen LogP contribution in [0.15, 0.2) is 24.5 Å². The average Bonchev–Trinajstić information content (AvgIpc) is 2.19. The summed E-state index contributed by atoms with van der Waals surface area (Å²) in [6.07, 6.45) is 4.08. The van der Waals surface area contributed by atoms with Gasteiger partial charge in [-0.3, -0.25) is 4.98 Å². The Morgan fingerprint density at radius 1 is 1.36 bits per heavy atom. The smallest absolute Gasteiger partial charge is 0.0839 e. The molecule has 3 nitrogen and oxygen atoms in total. The number of hydrogen-bond acceptors (Lipinski definition) is 3. The van der Waals surface area contributed by atoms with Gasteiger partial charge in [-0.05, 0) is 18.1 Å². The zero-order valence-corrected chi connectivity index (χ0v) is 8.43. The molecule has 14 heavy (non-hydrogen) atoms. The normalized spacial score (nSPS) is 15.1. The van der Waals surface area contributed by atoms with Crippen molar-refractivity contribution < 1.29 is 10.2 Å². The molecule has 1 heterocycles. The number of aliphatic hydroxyl groups is 2. The zero-order chi connectivity index (χ0) is 10.4. The average molecular weight is 195 g/mol. The van der Waals surface area contributed by atoms with E-state index in [1.165, 1.54) is 0 Å². The number of aliphatic hydroxyl groups excluding tert-OH is 2. The molecular formula is C11H17NO2. The van der Waals surface area contributed by atoms with E-state index >= 15 is 0 Å². The minimum atomic E-state index is -0.681. The van der Waals surface area contributed by atoms with E-state index in [4.69, 9.17) is 0 Å². The first-order valence-electron chi connectivity index (χ1n) is 4.99. The summed E-state index contributed by atoms with van der Waals surface area (Å²) in [5.74, 6) is 0. The van der Waals surface area contributed by atoms with E-state index < -0.39 is 12.2 Å². The van der Waals surface area contributed by atoms with Gasteiger partial charge in [-0.1, -0.05) is 19.4 Å². The molecule has 0 saturated heterocycles. The molecule has 78 valence electrons. The van der Waals surface area contributed by atoms with E-state index in [9.17, 15) is 10.2 Å². The summed E-state index contributed by atoms with van der Waals surface area (Å²) in [5, 5.41) is 19.1. The van der Waals surface area contributed by atoms with Crippen LogP contribution in [-0.2, 0) is 6.42 Å². The van der Waals surface area contributed by atoms with E-state index in [0.29, 0.717) is 12.8 Å². The highest BCUT2D eigenvalue weighted by Gasteiger charge is 2.15. The van der Waals surface area contributed by atoms with Gasteiger partial charge in [-0.15, -0.1) is 0 Å². The number of rotatable bonds is 5. The maximum absolute atomic E-state index is 9.62. The van der Waals surface area contributed by atoms with Crippen molar-refractivity contribution in [1.29, 1.82) is 0 Å². The van der Waals surface area contributed by atoms with Gasteiger partial charge in [0.05, 0.1) is 12.2 Å². The molecular weight excluding hydrogens is 178 g/mol. The fraction of sp³-hybridized carbons (Fsp3) is 0.545. The lowest BCUT2D eigenvalue weighted by molar-refractivity contribution is 0.0148. The summed E-state index contributed by atoms with van der Waals surface area (Å²) in [5.41, 5.74) is 0.954. The highest BCUT2D eigenvalue weighted by molar-refractivity contribution is 5.09. The largest absolute Gasteiger partial charge is 0.390 e. The van der Waals surface area contributed by atoms with Gasteiger partial charge in [0.25, 0.3) is 0 Å². The highest BCUT2D eigenvalue weighted by Crippen LogP contribution is 2.08. The molecule has 0 spiro atoms. The monoisotopic (exact) mass is 195 g/mol. The molecule has 2 unspecified atom stereocenters. The van der Waals surface area contributed by atoms with E-state index in [1.54, 1.807) is 12.4 Å². The summed E-state index contributed by atoms with van der Waals surface area (Å²) < 4.78 is 0. The first-order chi connectivity index (χ1) is 6.74. The van der Waals surface area contributed by atoms with Crippen LogP contribution < -0.4 is 0 Å². The van der Waals surface area contributed by atoms with Crippen molar-refractivity contribution in [2.45, 2.75) is 38.4 Å². The van der Waals surface area contributed by atoms with Crippen LogP contribution in [0.4, 0.5) is 0 Å². The van der Waals surface area contributed by atoms with Crippen molar-refractivity contribution in [3.8, 4) is 0 Å². The standard InChI is InChI=1S/C11H17NO2/c1-2-4-10(13)11(14)7-9-5-3-6-12-8-9/h3,5-6,8,10-11,13-14H,2,4,7H2,1H3. The van der Waals surface area contributed by atoms with Crippen LogP contribution >= 0.6 is 0 Å². The quantitative estimate of drug-likeness (QED) is 0.741. The summed E-state index contributed by atoms with van der Waals surface area (Å²) >= 11 is 0. The molecule has 1 aromatic rings. The van der Waals surface area contributed by atoms with Crippen LogP contribution in [0.5, 0.6) is 0 Å². The predicted octanol–water partition coefficient (Wildman–Crippen LogP) is 1.15.